The summed E-state index contributed by atoms with van der Waals surface area (Å²) in [5.74, 6) is -0.891. The average Bonchev–Trinajstić information content (AvgIpc) is 2.16. The Labute approximate surface area is 96.4 Å². The van der Waals surface area contributed by atoms with Crippen LogP contribution in [0.25, 0.3) is 0 Å². The molecule has 0 aliphatic rings. The van der Waals surface area contributed by atoms with Crippen molar-refractivity contribution in [1.29, 1.82) is 0 Å². The predicted octanol–water partition coefficient (Wildman–Crippen LogP) is -1.09. The second kappa shape index (κ2) is 5.26. The number of amides is 2. The fourth-order valence-electron chi connectivity index (χ4n) is 1.07. The summed E-state index contributed by atoms with van der Waals surface area (Å²) >= 11 is 5.55. The van der Waals surface area contributed by atoms with Gasteiger partial charge in [0.1, 0.15) is 0 Å². The van der Waals surface area contributed by atoms with Crippen LogP contribution in [0.5, 0.6) is 0 Å². The lowest BCUT2D eigenvalue weighted by Crippen LogP contribution is -2.40. The van der Waals surface area contributed by atoms with Crippen molar-refractivity contribution >= 4 is 29.2 Å². The third-order valence-electron chi connectivity index (χ3n) is 1.64. The first-order chi connectivity index (χ1) is 7.49. The van der Waals surface area contributed by atoms with Gasteiger partial charge in [0.15, 0.2) is 11.0 Å². The minimum Gasteiger partial charge on any atom is -0.368 e. The van der Waals surface area contributed by atoms with Crippen LogP contribution in [0, 0.1) is 0 Å². The summed E-state index contributed by atoms with van der Waals surface area (Å²) in [6, 6.07) is 3.00. The van der Waals surface area contributed by atoms with E-state index in [2.05, 4.69) is 10.2 Å². The van der Waals surface area contributed by atoms with Crippen molar-refractivity contribution in [2.75, 3.05) is 18.0 Å². The van der Waals surface area contributed by atoms with E-state index >= 15 is 0 Å². The highest BCUT2D eigenvalue weighted by Crippen LogP contribution is 2.10. The fourth-order valence-corrected chi connectivity index (χ4v) is 1.17. The van der Waals surface area contributed by atoms with E-state index in [0.29, 0.717) is 5.82 Å². The maximum atomic E-state index is 10.8. The lowest BCUT2D eigenvalue weighted by molar-refractivity contribution is -0.117. The topological polar surface area (TPSA) is 115 Å². The van der Waals surface area contributed by atoms with E-state index in [4.69, 9.17) is 23.1 Å². The van der Waals surface area contributed by atoms with Gasteiger partial charge in [0.2, 0.25) is 11.8 Å². The molecule has 1 heterocycles. The Hall–Kier alpha value is -1.89. The zero-order valence-corrected chi connectivity index (χ0v) is 9.02. The molecule has 8 heteroatoms. The SMILES string of the molecule is NC(=O)CN(CC(N)=O)c1ccc(Cl)nn1. The van der Waals surface area contributed by atoms with E-state index in [-0.39, 0.29) is 18.2 Å². The molecular weight excluding hydrogens is 234 g/mol. The number of carbonyl (C=O) groups excluding carboxylic acids is 2. The summed E-state index contributed by atoms with van der Waals surface area (Å²) in [5.41, 5.74) is 10.1. The first-order valence-corrected chi connectivity index (χ1v) is 4.67. The summed E-state index contributed by atoms with van der Waals surface area (Å²) < 4.78 is 0. The lowest BCUT2D eigenvalue weighted by atomic mass is 10.4. The molecule has 1 aromatic rings. The summed E-state index contributed by atoms with van der Waals surface area (Å²) in [5, 5.41) is 7.51. The standard InChI is InChI=1S/C8H10ClN5O2/c9-5-1-2-8(13-12-5)14(3-6(10)15)4-7(11)16/h1-2H,3-4H2,(H2,10,15)(H2,11,16). The normalized spacial score (nSPS) is 9.81. The first-order valence-electron chi connectivity index (χ1n) is 4.30. The van der Waals surface area contributed by atoms with Gasteiger partial charge in [0.25, 0.3) is 0 Å². The van der Waals surface area contributed by atoms with E-state index in [1.807, 2.05) is 0 Å². The van der Waals surface area contributed by atoms with Gasteiger partial charge < -0.3 is 16.4 Å². The highest BCUT2D eigenvalue weighted by atomic mass is 35.5. The number of nitrogens with zero attached hydrogens (tertiary/aromatic N) is 3. The number of nitrogens with two attached hydrogens (primary N) is 2. The predicted molar refractivity (Wildman–Crippen MR) is 57.6 cm³/mol. The molecule has 0 atom stereocenters. The molecule has 0 unspecified atom stereocenters. The van der Waals surface area contributed by atoms with Crippen LogP contribution in [0.4, 0.5) is 5.82 Å². The lowest BCUT2D eigenvalue weighted by Gasteiger charge is -2.19. The zero-order chi connectivity index (χ0) is 12.1. The fraction of sp³-hybridized carbons (Fsp3) is 0.250. The number of hydrogen-bond acceptors (Lipinski definition) is 5. The molecule has 0 aliphatic carbocycles. The zero-order valence-electron chi connectivity index (χ0n) is 8.26. The smallest absolute Gasteiger partial charge is 0.237 e. The third kappa shape index (κ3) is 3.70. The van der Waals surface area contributed by atoms with Crippen LogP contribution in [0.15, 0.2) is 12.1 Å². The molecule has 0 saturated carbocycles. The van der Waals surface area contributed by atoms with Crippen molar-refractivity contribution in [3.63, 3.8) is 0 Å². The molecule has 0 spiro atoms. The van der Waals surface area contributed by atoms with Crippen molar-refractivity contribution < 1.29 is 9.59 Å². The molecule has 0 radical (unpaired) electrons. The Morgan fingerprint density at radius 2 is 1.75 bits per heavy atom. The Balaban J connectivity index is 2.86. The highest BCUT2D eigenvalue weighted by molar-refractivity contribution is 6.29. The molecule has 16 heavy (non-hydrogen) atoms. The molecule has 1 rings (SSSR count). The van der Waals surface area contributed by atoms with Crippen molar-refractivity contribution in [3.05, 3.63) is 17.3 Å². The molecule has 7 nitrogen and oxygen atoms in total. The van der Waals surface area contributed by atoms with Crippen molar-refractivity contribution in [2.45, 2.75) is 0 Å². The van der Waals surface area contributed by atoms with Gasteiger partial charge in [0.05, 0.1) is 13.1 Å². The molecule has 1 aromatic heterocycles. The van der Waals surface area contributed by atoms with Gasteiger partial charge in [-0.2, -0.15) is 0 Å². The maximum Gasteiger partial charge on any atom is 0.237 e. The minimum atomic E-state index is -0.599. The van der Waals surface area contributed by atoms with Gasteiger partial charge in [-0.3, -0.25) is 9.59 Å². The van der Waals surface area contributed by atoms with Crippen LogP contribution in [-0.4, -0.2) is 35.1 Å². The van der Waals surface area contributed by atoms with E-state index in [1.165, 1.54) is 17.0 Å². The molecular formula is C8H10ClN5O2. The van der Waals surface area contributed by atoms with Crippen molar-refractivity contribution in [1.82, 2.24) is 10.2 Å². The van der Waals surface area contributed by atoms with Gasteiger partial charge in [0, 0.05) is 0 Å². The van der Waals surface area contributed by atoms with Crippen molar-refractivity contribution in [2.24, 2.45) is 11.5 Å². The van der Waals surface area contributed by atoms with Crippen LogP contribution < -0.4 is 16.4 Å². The van der Waals surface area contributed by atoms with Crippen LogP contribution in [0.2, 0.25) is 5.15 Å². The van der Waals surface area contributed by atoms with Gasteiger partial charge in [-0.25, -0.2) is 0 Å². The first kappa shape index (κ1) is 12.2. The number of carbonyl (C=O) groups is 2. The number of anilines is 1. The maximum absolute atomic E-state index is 10.8. The Bertz CT molecular complexity index is 378. The molecule has 0 saturated heterocycles. The van der Waals surface area contributed by atoms with E-state index in [1.54, 1.807) is 0 Å². The molecule has 4 N–H and O–H groups in total. The Kier molecular flexibility index (Phi) is 4.01. The van der Waals surface area contributed by atoms with Crippen molar-refractivity contribution in [3.8, 4) is 0 Å². The number of rotatable bonds is 5. The van der Waals surface area contributed by atoms with Gasteiger partial charge in [-0.05, 0) is 12.1 Å². The van der Waals surface area contributed by atoms with Gasteiger partial charge in [-0.15, -0.1) is 10.2 Å². The number of hydrogen-bond donors (Lipinski definition) is 2. The molecule has 0 aromatic carbocycles. The van der Waals surface area contributed by atoms with Gasteiger partial charge >= 0.3 is 0 Å². The average molecular weight is 244 g/mol. The molecule has 86 valence electrons. The monoisotopic (exact) mass is 243 g/mol. The number of primary amides is 2. The van der Waals surface area contributed by atoms with E-state index in [9.17, 15) is 9.59 Å². The number of halogens is 1. The highest BCUT2D eigenvalue weighted by Gasteiger charge is 2.13. The summed E-state index contributed by atoms with van der Waals surface area (Å²) in [4.78, 5) is 22.9. The molecule has 0 bridgehead atoms. The molecule has 0 aliphatic heterocycles. The van der Waals surface area contributed by atoms with Crippen LogP contribution >= 0.6 is 11.6 Å². The molecule has 0 fully saturated rings. The Morgan fingerprint density at radius 1 is 1.19 bits per heavy atom. The molecule has 2 amide bonds. The van der Waals surface area contributed by atoms with E-state index in [0.717, 1.165) is 0 Å². The number of aromatic nitrogens is 2. The largest absolute Gasteiger partial charge is 0.368 e. The van der Waals surface area contributed by atoms with Gasteiger partial charge in [-0.1, -0.05) is 11.6 Å². The summed E-state index contributed by atoms with van der Waals surface area (Å²) in [6.07, 6.45) is 0. The minimum absolute atomic E-state index is 0.167. The second-order valence-electron chi connectivity index (χ2n) is 3.00. The Morgan fingerprint density at radius 3 is 2.12 bits per heavy atom. The van der Waals surface area contributed by atoms with E-state index < -0.39 is 11.8 Å². The third-order valence-corrected chi connectivity index (χ3v) is 1.84. The van der Waals surface area contributed by atoms with Crippen LogP contribution in [0.3, 0.4) is 0 Å². The summed E-state index contributed by atoms with van der Waals surface area (Å²) in [6.45, 7) is -0.335. The van der Waals surface area contributed by atoms with Crippen LogP contribution in [0.1, 0.15) is 0 Å². The van der Waals surface area contributed by atoms with Crippen LogP contribution in [-0.2, 0) is 9.59 Å². The summed E-state index contributed by atoms with van der Waals surface area (Å²) in [7, 11) is 0. The quantitative estimate of drug-likeness (QED) is 0.682. The second-order valence-corrected chi connectivity index (χ2v) is 3.39.